The molecule has 3 rings (SSSR count). The average Bonchev–Trinajstić information content (AvgIpc) is 3.22. The van der Waals surface area contributed by atoms with Crippen molar-refractivity contribution in [3.8, 4) is 5.75 Å². The Hall–Kier alpha value is -2.49. The van der Waals surface area contributed by atoms with Crippen LogP contribution in [0.2, 0.25) is 0 Å². The Morgan fingerprint density at radius 3 is 2.27 bits per heavy atom. The number of hydrogen-bond acceptors (Lipinski definition) is 3. The summed E-state index contributed by atoms with van der Waals surface area (Å²) in [5.74, 6) is 0.620. The largest absolute Gasteiger partial charge is 0.481 e. The van der Waals surface area contributed by atoms with Gasteiger partial charge in [0, 0.05) is 24.5 Å². The lowest BCUT2D eigenvalue weighted by Gasteiger charge is -2.19. The summed E-state index contributed by atoms with van der Waals surface area (Å²) in [5, 5.41) is 2.97. The van der Waals surface area contributed by atoms with Crippen molar-refractivity contribution in [2.24, 2.45) is 0 Å². The number of amides is 1. The quantitative estimate of drug-likeness (QED) is 0.789. The standard InChI is InChI=1S/C22H28N2O2/c1-3-17-7-13-20(14-8-17)26-21(4-2)22(25)23-18-9-11-19(12-10-18)24-15-5-6-16-24/h7-14,21H,3-6,15-16H2,1-2H3,(H,23,25)/t21-/m0/s1. The summed E-state index contributed by atoms with van der Waals surface area (Å²) in [6.45, 7) is 6.32. The summed E-state index contributed by atoms with van der Waals surface area (Å²) in [6, 6.07) is 16.0. The number of ether oxygens (including phenoxy) is 1. The lowest BCUT2D eigenvalue weighted by atomic mass is 10.1. The van der Waals surface area contributed by atoms with Gasteiger partial charge in [-0.05, 0) is 67.6 Å². The molecule has 1 aliphatic heterocycles. The van der Waals surface area contributed by atoms with Crippen molar-refractivity contribution in [2.45, 2.75) is 45.6 Å². The Morgan fingerprint density at radius 2 is 1.69 bits per heavy atom. The lowest BCUT2D eigenvalue weighted by molar-refractivity contribution is -0.122. The Morgan fingerprint density at radius 1 is 1.04 bits per heavy atom. The highest BCUT2D eigenvalue weighted by atomic mass is 16.5. The number of nitrogens with one attached hydrogen (secondary N) is 1. The van der Waals surface area contributed by atoms with Gasteiger partial charge in [0.05, 0.1) is 0 Å². The van der Waals surface area contributed by atoms with Crippen molar-refractivity contribution in [3.63, 3.8) is 0 Å². The molecule has 138 valence electrons. The minimum absolute atomic E-state index is 0.110. The summed E-state index contributed by atoms with van der Waals surface area (Å²) < 4.78 is 5.88. The van der Waals surface area contributed by atoms with Crippen LogP contribution in [0.1, 0.15) is 38.7 Å². The smallest absolute Gasteiger partial charge is 0.265 e. The maximum atomic E-state index is 12.6. The molecule has 4 nitrogen and oxygen atoms in total. The summed E-state index contributed by atoms with van der Waals surface area (Å²) in [6.07, 6.45) is 3.62. The van der Waals surface area contributed by atoms with Crippen LogP contribution in [-0.2, 0) is 11.2 Å². The van der Waals surface area contributed by atoms with Crippen LogP contribution in [0, 0.1) is 0 Å². The minimum atomic E-state index is -0.499. The molecule has 1 saturated heterocycles. The van der Waals surface area contributed by atoms with Crippen LogP contribution in [0.4, 0.5) is 11.4 Å². The monoisotopic (exact) mass is 352 g/mol. The van der Waals surface area contributed by atoms with Crippen LogP contribution >= 0.6 is 0 Å². The zero-order valence-corrected chi connectivity index (χ0v) is 15.7. The molecule has 4 heteroatoms. The van der Waals surface area contributed by atoms with Crippen LogP contribution in [0.15, 0.2) is 48.5 Å². The van der Waals surface area contributed by atoms with E-state index in [0.29, 0.717) is 6.42 Å². The molecule has 0 radical (unpaired) electrons. The summed E-state index contributed by atoms with van der Waals surface area (Å²) >= 11 is 0. The van der Waals surface area contributed by atoms with Crippen molar-refractivity contribution < 1.29 is 9.53 Å². The van der Waals surface area contributed by atoms with E-state index >= 15 is 0 Å². The molecular weight excluding hydrogens is 324 g/mol. The van der Waals surface area contributed by atoms with Gasteiger partial charge in [0.1, 0.15) is 5.75 Å². The zero-order chi connectivity index (χ0) is 18.4. The second kappa shape index (κ2) is 8.75. The predicted octanol–water partition coefficient (Wildman–Crippen LogP) is 4.65. The van der Waals surface area contributed by atoms with Crippen molar-refractivity contribution in [2.75, 3.05) is 23.3 Å². The van der Waals surface area contributed by atoms with Gasteiger partial charge in [-0.3, -0.25) is 4.79 Å². The van der Waals surface area contributed by atoms with E-state index in [-0.39, 0.29) is 5.91 Å². The topological polar surface area (TPSA) is 41.6 Å². The number of rotatable bonds is 7. The van der Waals surface area contributed by atoms with E-state index in [1.807, 2.05) is 43.3 Å². The van der Waals surface area contributed by atoms with E-state index in [4.69, 9.17) is 4.74 Å². The molecule has 0 aromatic heterocycles. The average molecular weight is 352 g/mol. The second-order valence-electron chi connectivity index (χ2n) is 6.74. The highest BCUT2D eigenvalue weighted by molar-refractivity contribution is 5.94. The minimum Gasteiger partial charge on any atom is -0.481 e. The Labute approximate surface area is 156 Å². The number of aryl methyl sites for hydroxylation is 1. The molecule has 1 aliphatic rings. The number of anilines is 2. The van der Waals surface area contributed by atoms with Gasteiger partial charge in [0.2, 0.25) is 0 Å². The lowest BCUT2D eigenvalue weighted by Crippen LogP contribution is -2.32. The first-order valence-electron chi connectivity index (χ1n) is 9.61. The van der Waals surface area contributed by atoms with Crippen molar-refractivity contribution in [1.29, 1.82) is 0 Å². The maximum absolute atomic E-state index is 12.6. The molecule has 0 aliphatic carbocycles. The van der Waals surface area contributed by atoms with Gasteiger partial charge in [-0.15, -0.1) is 0 Å². The fourth-order valence-electron chi connectivity index (χ4n) is 3.24. The molecule has 26 heavy (non-hydrogen) atoms. The van der Waals surface area contributed by atoms with Gasteiger partial charge in [-0.25, -0.2) is 0 Å². The van der Waals surface area contributed by atoms with Crippen LogP contribution < -0.4 is 15.0 Å². The van der Waals surface area contributed by atoms with Gasteiger partial charge >= 0.3 is 0 Å². The normalized spacial score (nSPS) is 14.9. The SMILES string of the molecule is CCc1ccc(O[C@@H](CC)C(=O)Nc2ccc(N3CCCC3)cc2)cc1. The Bertz CT molecular complexity index is 704. The molecule has 0 bridgehead atoms. The summed E-state index contributed by atoms with van der Waals surface area (Å²) in [4.78, 5) is 14.9. The first kappa shape index (κ1) is 18.3. The number of nitrogens with zero attached hydrogens (tertiary/aromatic N) is 1. The molecule has 0 unspecified atom stereocenters. The van der Waals surface area contributed by atoms with Crippen LogP contribution in [0.25, 0.3) is 0 Å². The summed E-state index contributed by atoms with van der Waals surface area (Å²) in [5.41, 5.74) is 3.29. The Balaban J connectivity index is 1.59. The van der Waals surface area contributed by atoms with Crippen LogP contribution in [-0.4, -0.2) is 25.1 Å². The van der Waals surface area contributed by atoms with Crippen molar-refractivity contribution in [1.82, 2.24) is 0 Å². The van der Waals surface area contributed by atoms with Gasteiger partial charge in [0.25, 0.3) is 5.91 Å². The molecule has 0 saturated carbocycles. The molecule has 0 spiro atoms. The summed E-state index contributed by atoms with van der Waals surface area (Å²) in [7, 11) is 0. The predicted molar refractivity (Wildman–Crippen MR) is 107 cm³/mol. The van der Waals surface area contributed by atoms with E-state index in [9.17, 15) is 4.79 Å². The fourth-order valence-corrected chi connectivity index (χ4v) is 3.24. The maximum Gasteiger partial charge on any atom is 0.265 e. The van der Waals surface area contributed by atoms with Gasteiger partial charge in [-0.1, -0.05) is 26.0 Å². The molecule has 1 fully saturated rings. The number of benzene rings is 2. The molecule has 2 aromatic rings. The molecule has 2 aromatic carbocycles. The van der Waals surface area contributed by atoms with Crippen molar-refractivity contribution >= 4 is 17.3 Å². The third-order valence-electron chi connectivity index (χ3n) is 4.88. The second-order valence-corrected chi connectivity index (χ2v) is 6.74. The highest BCUT2D eigenvalue weighted by Gasteiger charge is 2.19. The number of carbonyl (C=O) groups is 1. The zero-order valence-electron chi connectivity index (χ0n) is 15.7. The van der Waals surface area contributed by atoms with E-state index in [2.05, 4.69) is 29.3 Å². The third-order valence-corrected chi connectivity index (χ3v) is 4.88. The molecule has 1 amide bonds. The van der Waals surface area contributed by atoms with E-state index in [1.165, 1.54) is 24.1 Å². The first-order valence-corrected chi connectivity index (χ1v) is 9.61. The van der Waals surface area contributed by atoms with E-state index in [0.717, 1.165) is 30.9 Å². The molecular formula is C22H28N2O2. The first-order chi connectivity index (χ1) is 12.7. The van der Waals surface area contributed by atoms with Gasteiger partial charge < -0.3 is 15.0 Å². The van der Waals surface area contributed by atoms with Crippen molar-refractivity contribution in [3.05, 3.63) is 54.1 Å². The van der Waals surface area contributed by atoms with Gasteiger partial charge in [-0.2, -0.15) is 0 Å². The molecule has 1 N–H and O–H groups in total. The number of carbonyl (C=O) groups excluding carboxylic acids is 1. The van der Waals surface area contributed by atoms with E-state index in [1.54, 1.807) is 0 Å². The highest BCUT2D eigenvalue weighted by Crippen LogP contribution is 2.22. The van der Waals surface area contributed by atoms with E-state index < -0.39 is 6.10 Å². The molecule has 1 heterocycles. The Kier molecular flexibility index (Phi) is 6.16. The number of hydrogen-bond donors (Lipinski definition) is 1. The van der Waals surface area contributed by atoms with Gasteiger partial charge in [0.15, 0.2) is 6.10 Å². The fraction of sp³-hybridized carbons (Fsp3) is 0.409. The van der Waals surface area contributed by atoms with Crippen LogP contribution in [0.3, 0.4) is 0 Å². The third kappa shape index (κ3) is 4.57. The molecule has 1 atom stereocenters. The van der Waals surface area contributed by atoms with Crippen LogP contribution in [0.5, 0.6) is 5.75 Å².